The standard InChI is InChI=1S/C14H15ClN2O3S2/c1-9-7-11(15)3-5-13(9)17-22(19,20)14-6-4-12(21-14)8-16-10(2)18/h3-7,17H,8H2,1-2H3,(H,16,18). The second-order valence-corrected chi connectivity index (χ2v) is 8.21. The molecule has 0 aliphatic rings. The summed E-state index contributed by atoms with van der Waals surface area (Å²) in [6, 6.07) is 8.15. The van der Waals surface area contributed by atoms with Crippen LogP contribution in [0.15, 0.2) is 34.5 Å². The van der Waals surface area contributed by atoms with Crippen molar-refractivity contribution in [2.75, 3.05) is 4.72 Å². The van der Waals surface area contributed by atoms with Crippen molar-refractivity contribution in [1.82, 2.24) is 5.32 Å². The van der Waals surface area contributed by atoms with E-state index in [1.54, 1.807) is 31.2 Å². The van der Waals surface area contributed by atoms with Gasteiger partial charge in [0.2, 0.25) is 5.91 Å². The minimum Gasteiger partial charge on any atom is -0.351 e. The quantitative estimate of drug-likeness (QED) is 0.862. The summed E-state index contributed by atoms with van der Waals surface area (Å²) >= 11 is 6.98. The molecule has 22 heavy (non-hydrogen) atoms. The van der Waals surface area contributed by atoms with Crippen molar-refractivity contribution >= 4 is 44.6 Å². The summed E-state index contributed by atoms with van der Waals surface area (Å²) in [7, 11) is -3.65. The molecule has 2 rings (SSSR count). The maximum atomic E-state index is 12.4. The third-order valence-corrected chi connectivity index (χ3v) is 6.02. The number of sulfonamides is 1. The van der Waals surface area contributed by atoms with Crippen LogP contribution in [0.1, 0.15) is 17.4 Å². The Morgan fingerprint density at radius 1 is 1.27 bits per heavy atom. The Labute approximate surface area is 138 Å². The number of hydrogen-bond donors (Lipinski definition) is 2. The predicted molar refractivity (Wildman–Crippen MR) is 88.8 cm³/mol. The van der Waals surface area contributed by atoms with Crippen molar-refractivity contribution in [3.05, 3.63) is 45.8 Å². The fraction of sp³-hybridized carbons (Fsp3) is 0.214. The molecule has 0 aliphatic carbocycles. The number of carbonyl (C=O) groups excluding carboxylic acids is 1. The minimum absolute atomic E-state index is 0.160. The van der Waals surface area contributed by atoms with Gasteiger partial charge in [0, 0.05) is 16.8 Å². The highest BCUT2D eigenvalue weighted by atomic mass is 35.5. The molecule has 1 amide bonds. The highest BCUT2D eigenvalue weighted by Crippen LogP contribution is 2.26. The first-order valence-electron chi connectivity index (χ1n) is 6.40. The molecule has 2 N–H and O–H groups in total. The molecule has 2 aromatic rings. The normalized spacial score (nSPS) is 11.2. The molecule has 0 unspecified atom stereocenters. The van der Waals surface area contributed by atoms with Crippen LogP contribution in [0.3, 0.4) is 0 Å². The number of benzene rings is 1. The van der Waals surface area contributed by atoms with Crippen molar-refractivity contribution in [3.63, 3.8) is 0 Å². The van der Waals surface area contributed by atoms with E-state index in [-0.39, 0.29) is 10.1 Å². The monoisotopic (exact) mass is 358 g/mol. The first kappa shape index (κ1) is 16.8. The van der Waals surface area contributed by atoms with Crippen LogP contribution in [0, 0.1) is 6.92 Å². The molecule has 0 spiro atoms. The van der Waals surface area contributed by atoms with Crippen LogP contribution in [0.4, 0.5) is 5.69 Å². The number of aryl methyl sites for hydroxylation is 1. The lowest BCUT2D eigenvalue weighted by Crippen LogP contribution is -2.18. The Bertz CT molecular complexity index is 800. The lowest BCUT2D eigenvalue weighted by Gasteiger charge is -2.09. The number of hydrogen-bond acceptors (Lipinski definition) is 4. The summed E-state index contributed by atoms with van der Waals surface area (Å²) in [5.74, 6) is -0.160. The zero-order valence-electron chi connectivity index (χ0n) is 12.0. The summed E-state index contributed by atoms with van der Waals surface area (Å²) in [6.07, 6.45) is 0. The van der Waals surface area contributed by atoms with E-state index in [0.29, 0.717) is 17.3 Å². The van der Waals surface area contributed by atoms with Gasteiger partial charge < -0.3 is 5.32 Å². The van der Waals surface area contributed by atoms with Gasteiger partial charge in [-0.25, -0.2) is 8.42 Å². The third-order valence-electron chi connectivity index (χ3n) is 2.85. The highest BCUT2D eigenvalue weighted by molar-refractivity contribution is 7.94. The van der Waals surface area contributed by atoms with Crippen LogP contribution in [0.25, 0.3) is 0 Å². The molecule has 0 atom stereocenters. The van der Waals surface area contributed by atoms with Crippen molar-refractivity contribution in [2.24, 2.45) is 0 Å². The molecule has 8 heteroatoms. The average Bonchev–Trinajstić information content (AvgIpc) is 2.89. The molecule has 1 aromatic heterocycles. The zero-order chi connectivity index (χ0) is 16.3. The molecule has 1 heterocycles. The van der Waals surface area contributed by atoms with Crippen LogP contribution < -0.4 is 10.0 Å². The number of carbonyl (C=O) groups is 1. The van der Waals surface area contributed by atoms with Crippen molar-refractivity contribution in [1.29, 1.82) is 0 Å². The molecule has 0 saturated heterocycles. The van der Waals surface area contributed by atoms with Gasteiger partial charge in [0.25, 0.3) is 10.0 Å². The van der Waals surface area contributed by atoms with E-state index in [0.717, 1.165) is 21.8 Å². The number of nitrogens with one attached hydrogen (secondary N) is 2. The lowest BCUT2D eigenvalue weighted by atomic mass is 10.2. The van der Waals surface area contributed by atoms with E-state index in [9.17, 15) is 13.2 Å². The van der Waals surface area contributed by atoms with Gasteiger partial charge in [-0.15, -0.1) is 11.3 Å². The van der Waals surface area contributed by atoms with Gasteiger partial charge >= 0.3 is 0 Å². The number of thiophene rings is 1. The van der Waals surface area contributed by atoms with Gasteiger partial charge in [0.05, 0.1) is 12.2 Å². The summed E-state index contributed by atoms with van der Waals surface area (Å²) < 4.78 is 27.5. The summed E-state index contributed by atoms with van der Waals surface area (Å²) in [5.41, 5.74) is 1.23. The summed E-state index contributed by atoms with van der Waals surface area (Å²) in [5, 5.41) is 3.18. The molecule has 0 aliphatic heterocycles. The summed E-state index contributed by atoms with van der Waals surface area (Å²) in [6.45, 7) is 3.51. The number of anilines is 1. The Balaban J connectivity index is 2.18. The largest absolute Gasteiger partial charge is 0.351 e. The third kappa shape index (κ3) is 4.22. The minimum atomic E-state index is -3.65. The van der Waals surface area contributed by atoms with Crippen LogP contribution in [-0.4, -0.2) is 14.3 Å². The van der Waals surface area contributed by atoms with Crippen LogP contribution >= 0.6 is 22.9 Å². The predicted octanol–water partition coefficient (Wildman–Crippen LogP) is 3.15. The number of amides is 1. The van der Waals surface area contributed by atoms with E-state index in [4.69, 9.17) is 11.6 Å². The first-order chi connectivity index (χ1) is 10.3. The molecule has 0 bridgehead atoms. The van der Waals surface area contributed by atoms with Crippen LogP contribution in [0.5, 0.6) is 0 Å². The smallest absolute Gasteiger partial charge is 0.271 e. The summed E-state index contributed by atoms with van der Waals surface area (Å²) in [4.78, 5) is 11.6. The molecule has 1 aromatic carbocycles. The van der Waals surface area contributed by atoms with E-state index in [1.165, 1.54) is 13.0 Å². The van der Waals surface area contributed by atoms with Gasteiger partial charge in [0.1, 0.15) is 4.21 Å². The topological polar surface area (TPSA) is 75.3 Å². The first-order valence-corrected chi connectivity index (χ1v) is 9.08. The second kappa shape index (κ2) is 6.68. The Kier molecular flexibility index (Phi) is 5.10. The van der Waals surface area contributed by atoms with Crippen molar-refractivity contribution in [3.8, 4) is 0 Å². The second-order valence-electron chi connectivity index (χ2n) is 4.70. The number of rotatable bonds is 5. The van der Waals surface area contributed by atoms with Gasteiger partial charge in [-0.05, 0) is 42.8 Å². The number of halogens is 1. The fourth-order valence-corrected chi connectivity index (χ4v) is 4.40. The maximum absolute atomic E-state index is 12.4. The molecule has 0 fully saturated rings. The molecule has 5 nitrogen and oxygen atoms in total. The SMILES string of the molecule is CC(=O)NCc1ccc(S(=O)(=O)Nc2ccc(Cl)cc2C)s1. The zero-order valence-corrected chi connectivity index (χ0v) is 14.4. The Morgan fingerprint density at radius 3 is 2.64 bits per heavy atom. The maximum Gasteiger partial charge on any atom is 0.271 e. The fourth-order valence-electron chi connectivity index (χ4n) is 1.75. The van der Waals surface area contributed by atoms with Gasteiger partial charge in [0.15, 0.2) is 0 Å². The van der Waals surface area contributed by atoms with E-state index in [1.807, 2.05) is 0 Å². The van der Waals surface area contributed by atoms with Crippen molar-refractivity contribution in [2.45, 2.75) is 24.6 Å². The molecule has 0 radical (unpaired) electrons. The van der Waals surface area contributed by atoms with Crippen LogP contribution in [0.2, 0.25) is 5.02 Å². The van der Waals surface area contributed by atoms with Gasteiger partial charge in [-0.3, -0.25) is 9.52 Å². The molecule has 118 valence electrons. The van der Waals surface area contributed by atoms with Gasteiger partial charge in [-0.2, -0.15) is 0 Å². The lowest BCUT2D eigenvalue weighted by molar-refractivity contribution is -0.119. The highest BCUT2D eigenvalue weighted by Gasteiger charge is 2.18. The Hall–Kier alpha value is -1.57. The van der Waals surface area contributed by atoms with E-state index in [2.05, 4.69) is 10.0 Å². The van der Waals surface area contributed by atoms with E-state index < -0.39 is 10.0 Å². The molecular weight excluding hydrogens is 344 g/mol. The van der Waals surface area contributed by atoms with Crippen LogP contribution in [-0.2, 0) is 21.4 Å². The molecule has 0 saturated carbocycles. The van der Waals surface area contributed by atoms with Crippen molar-refractivity contribution < 1.29 is 13.2 Å². The van der Waals surface area contributed by atoms with E-state index >= 15 is 0 Å². The molecular formula is C14H15ClN2O3S2. The van der Waals surface area contributed by atoms with Gasteiger partial charge in [-0.1, -0.05) is 11.6 Å². The Morgan fingerprint density at radius 2 is 2.00 bits per heavy atom. The average molecular weight is 359 g/mol.